The third-order valence-electron chi connectivity index (χ3n) is 5.55. The predicted molar refractivity (Wildman–Crippen MR) is 102 cm³/mol. The summed E-state index contributed by atoms with van der Waals surface area (Å²) >= 11 is 0. The van der Waals surface area contributed by atoms with Gasteiger partial charge in [-0.15, -0.1) is 0 Å². The van der Waals surface area contributed by atoms with E-state index in [1.807, 2.05) is 12.1 Å². The maximum absolute atomic E-state index is 12.9. The van der Waals surface area contributed by atoms with Gasteiger partial charge in [-0.3, -0.25) is 4.79 Å². The van der Waals surface area contributed by atoms with E-state index in [0.29, 0.717) is 6.54 Å². The molecule has 0 spiro atoms. The Kier molecular flexibility index (Phi) is 4.15. The molecule has 3 aromatic rings. The van der Waals surface area contributed by atoms with Crippen molar-refractivity contribution in [2.24, 2.45) is 5.92 Å². The zero-order chi connectivity index (χ0) is 18.1. The lowest BCUT2D eigenvalue weighted by Gasteiger charge is -2.23. The number of hydrogen-bond acceptors (Lipinski definition) is 2. The molecule has 1 aliphatic rings. The van der Waals surface area contributed by atoms with Crippen molar-refractivity contribution in [3.05, 3.63) is 94.9 Å². The lowest BCUT2D eigenvalue weighted by atomic mass is 9.81. The van der Waals surface area contributed by atoms with Crippen LogP contribution in [0.4, 0.5) is 0 Å². The Morgan fingerprint density at radius 1 is 1.00 bits per heavy atom. The first-order chi connectivity index (χ1) is 12.6. The fraction of sp³-hybridized carbons (Fsp3) is 0.261. The first-order valence-corrected chi connectivity index (χ1v) is 9.05. The smallest absolute Gasteiger partial charge is 0.224 e. The Labute approximate surface area is 154 Å². The van der Waals surface area contributed by atoms with Gasteiger partial charge in [-0.1, -0.05) is 48.5 Å². The molecule has 0 saturated heterocycles. The minimum atomic E-state index is -0.232. The van der Waals surface area contributed by atoms with Gasteiger partial charge in [0.1, 0.15) is 5.76 Å². The second kappa shape index (κ2) is 6.49. The van der Waals surface area contributed by atoms with Crippen LogP contribution < -0.4 is 5.32 Å². The summed E-state index contributed by atoms with van der Waals surface area (Å²) in [5, 5.41) is 3.05. The fourth-order valence-corrected chi connectivity index (χ4v) is 4.18. The van der Waals surface area contributed by atoms with Crippen LogP contribution in [-0.4, -0.2) is 5.91 Å². The van der Waals surface area contributed by atoms with E-state index in [2.05, 4.69) is 67.7 Å². The van der Waals surface area contributed by atoms with Crippen molar-refractivity contribution < 1.29 is 9.21 Å². The summed E-state index contributed by atoms with van der Waals surface area (Å²) in [6.45, 7) is 4.69. The highest BCUT2D eigenvalue weighted by Crippen LogP contribution is 2.60. The Morgan fingerprint density at radius 3 is 2.15 bits per heavy atom. The molecule has 1 amide bonds. The molecule has 26 heavy (non-hydrogen) atoms. The Hall–Kier alpha value is -2.81. The molecule has 1 heterocycles. The summed E-state index contributed by atoms with van der Waals surface area (Å²) in [6, 6.07) is 20.6. The SMILES string of the molecule is Cc1ccccc1C1(c2ccccc2C)CC1C(=O)NCc1ccco1. The molecule has 1 fully saturated rings. The van der Waals surface area contributed by atoms with Gasteiger partial charge in [0.05, 0.1) is 18.7 Å². The van der Waals surface area contributed by atoms with E-state index < -0.39 is 0 Å². The Balaban J connectivity index is 1.67. The van der Waals surface area contributed by atoms with Crippen LogP contribution in [0.15, 0.2) is 71.3 Å². The molecular formula is C23H23NO2. The number of hydrogen-bond donors (Lipinski definition) is 1. The molecule has 1 aromatic heterocycles. The summed E-state index contributed by atoms with van der Waals surface area (Å²) in [6.07, 6.45) is 2.47. The summed E-state index contributed by atoms with van der Waals surface area (Å²) in [7, 11) is 0. The second-order valence-electron chi connectivity index (χ2n) is 7.16. The zero-order valence-electron chi connectivity index (χ0n) is 15.2. The van der Waals surface area contributed by atoms with Gasteiger partial charge in [-0.05, 0) is 54.7 Å². The fourth-order valence-electron chi connectivity index (χ4n) is 4.18. The van der Waals surface area contributed by atoms with Crippen LogP contribution in [0.5, 0.6) is 0 Å². The molecule has 3 nitrogen and oxygen atoms in total. The number of carbonyl (C=O) groups is 1. The Bertz CT molecular complexity index is 881. The van der Waals surface area contributed by atoms with E-state index in [0.717, 1.165) is 12.2 Å². The van der Waals surface area contributed by atoms with E-state index in [9.17, 15) is 4.79 Å². The van der Waals surface area contributed by atoms with Gasteiger partial charge in [0, 0.05) is 5.41 Å². The van der Waals surface area contributed by atoms with Gasteiger partial charge in [-0.2, -0.15) is 0 Å². The van der Waals surface area contributed by atoms with Crippen LogP contribution in [-0.2, 0) is 16.8 Å². The largest absolute Gasteiger partial charge is 0.467 e. The number of benzene rings is 2. The predicted octanol–water partition coefficient (Wildman–Crippen LogP) is 4.52. The monoisotopic (exact) mass is 345 g/mol. The minimum Gasteiger partial charge on any atom is -0.467 e. The number of furan rings is 1. The van der Waals surface area contributed by atoms with Crippen LogP contribution in [0.1, 0.15) is 34.4 Å². The van der Waals surface area contributed by atoms with E-state index in [4.69, 9.17) is 4.42 Å². The molecule has 132 valence electrons. The van der Waals surface area contributed by atoms with Crippen LogP contribution in [0.25, 0.3) is 0 Å². The second-order valence-corrected chi connectivity index (χ2v) is 7.16. The van der Waals surface area contributed by atoms with Crippen LogP contribution >= 0.6 is 0 Å². The molecule has 1 saturated carbocycles. The van der Waals surface area contributed by atoms with Gasteiger partial charge in [0.15, 0.2) is 0 Å². The highest BCUT2D eigenvalue weighted by molar-refractivity contribution is 5.86. The topological polar surface area (TPSA) is 42.2 Å². The van der Waals surface area contributed by atoms with E-state index in [1.165, 1.54) is 22.3 Å². The van der Waals surface area contributed by atoms with Gasteiger partial charge >= 0.3 is 0 Å². The molecule has 0 radical (unpaired) electrons. The third kappa shape index (κ3) is 2.74. The molecule has 4 rings (SSSR count). The normalized spacial score (nSPS) is 17.7. The maximum Gasteiger partial charge on any atom is 0.224 e. The number of aryl methyl sites for hydroxylation is 2. The number of nitrogens with one attached hydrogen (secondary N) is 1. The average Bonchev–Trinajstić information content (AvgIpc) is 3.17. The summed E-state index contributed by atoms with van der Waals surface area (Å²) in [5.74, 6) is 0.809. The summed E-state index contributed by atoms with van der Waals surface area (Å²) in [5.41, 5.74) is 4.75. The summed E-state index contributed by atoms with van der Waals surface area (Å²) < 4.78 is 5.33. The van der Waals surface area contributed by atoms with Crippen molar-refractivity contribution in [1.29, 1.82) is 0 Å². The molecular weight excluding hydrogens is 322 g/mol. The van der Waals surface area contributed by atoms with Crippen LogP contribution in [0.3, 0.4) is 0 Å². The van der Waals surface area contributed by atoms with E-state index in [-0.39, 0.29) is 17.2 Å². The Morgan fingerprint density at radius 2 is 1.62 bits per heavy atom. The molecule has 0 bridgehead atoms. The molecule has 1 atom stereocenters. The van der Waals surface area contributed by atoms with E-state index >= 15 is 0 Å². The molecule has 1 unspecified atom stereocenters. The van der Waals surface area contributed by atoms with E-state index in [1.54, 1.807) is 6.26 Å². The van der Waals surface area contributed by atoms with Crippen molar-refractivity contribution >= 4 is 5.91 Å². The number of carbonyl (C=O) groups excluding carboxylic acids is 1. The third-order valence-corrected chi connectivity index (χ3v) is 5.55. The maximum atomic E-state index is 12.9. The first kappa shape index (κ1) is 16.6. The van der Waals surface area contributed by atoms with Crippen molar-refractivity contribution in [1.82, 2.24) is 5.32 Å². The average molecular weight is 345 g/mol. The molecule has 1 N–H and O–H groups in total. The molecule has 1 aliphatic carbocycles. The van der Waals surface area contributed by atoms with Crippen LogP contribution in [0.2, 0.25) is 0 Å². The highest BCUT2D eigenvalue weighted by atomic mass is 16.3. The van der Waals surface area contributed by atoms with Gasteiger partial charge < -0.3 is 9.73 Å². The minimum absolute atomic E-state index is 0.0559. The number of amides is 1. The molecule has 3 heteroatoms. The van der Waals surface area contributed by atoms with Gasteiger partial charge in [0.2, 0.25) is 5.91 Å². The quantitative estimate of drug-likeness (QED) is 0.739. The van der Waals surface area contributed by atoms with Crippen molar-refractivity contribution in [3.63, 3.8) is 0 Å². The standard InChI is InChI=1S/C23H23NO2/c1-16-8-3-5-11-19(16)23(20-12-6-4-9-17(20)2)14-21(23)22(25)24-15-18-10-7-13-26-18/h3-13,21H,14-15H2,1-2H3,(H,24,25). The van der Waals surface area contributed by atoms with Crippen molar-refractivity contribution in [2.75, 3.05) is 0 Å². The van der Waals surface area contributed by atoms with Crippen LogP contribution in [0, 0.1) is 19.8 Å². The van der Waals surface area contributed by atoms with Crippen molar-refractivity contribution in [2.45, 2.75) is 32.2 Å². The highest BCUT2D eigenvalue weighted by Gasteiger charge is 2.61. The van der Waals surface area contributed by atoms with Gasteiger partial charge in [0.25, 0.3) is 0 Å². The number of rotatable bonds is 5. The molecule has 0 aliphatic heterocycles. The van der Waals surface area contributed by atoms with Gasteiger partial charge in [-0.25, -0.2) is 0 Å². The summed E-state index contributed by atoms with van der Waals surface area (Å²) in [4.78, 5) is 12.9. The lowest BCUT2D eigenvalue weighted by Crippen LogP contribution is -2.29. The van der Waals surface area contributed by atoms with Crippen molar-refractivity contribution in [3.8, 4) is 0 Å². The molecule has 2 aromatic carbocycles. The first-order valence-electron chi connectivity index (χ1n) is 9.05. The zero-order valence-corrected chi connectivity index (χ0v) is 15.2. The lowest BCUT2D eigenvalue weighted by molar-refractivity contribution is -0.122.